The molecule has 5 nitrogen and oxygen atoms in total. The van der Waals surface area contributed by atoms with Crippen molar-refractivity contribution in [2.45, 2.75) is 46.1 Å². The van der Waals surface area contributed by atoms with E-state index >= 15 is 0 Å². The Morgan fingerprint density at radius 1 is 1.20 bits per heavy atom. The van der Waals surface area contributed by atoms with Gasteiger partial charge in [-0.3, -0.25) is 9.59 Å². The molecule has 3 unspecified atom stereocenters. The van der Waals surface area contributed by atoms with Crippen LogP contribution < -0.4 is 5.73 Å². The van der Waals surface area contributed by atoms with Crippen LogP contribution in [0.15, 0.2) is 0 Å². The maximum absolute atomic E-state index is 12.5. The molecule has 2 N–H and O–H groups in total. The van der Waals surface area contributed by atoms with Crippen LogP contribution in [0.5, 0.6) is 0 Å². The summed E-state index contributed by atoms with van der Waals surface area (Å²) in [5, 5.41) is 0. The standard InChI is InChI=1S/C15H29N3O2/c1-5-18(6-2)14(19)10-17(4)15(20)12-9-11(3)7-8-13(12)16/h11-13H,5-10,16H2,1-4H3. The van der Waals surface area contributed by atoms with Gasteiger partial charge in [0.15, 0.2) is 0 Å². The molecule has 0 heterocycles. The number of rotatable bonds is 5. The molecule has 5 heteroatoms. The Bertz CT molecular complexity index is 342. The van der Waals surface area contributed by atoms with Gasteiger partial charge in [-0.25, -0.2) is 0 Å². The Kier molecular flexibility index (Phi) is 6.46. The largest absolute Gasteiger partial charge is 0.342 e. The van der Waals surface area contributed by atoms with Gasteiger partial charge in [0.2, 0.25) is 11.8 Å². The molecule has 3 atom stereocenters. The van der Waals surface area contributed by atoms with Crippen molar-refractivity contribution in [2.75, 3.05) is 26.7 Å². The van der Waals surface area contributed by atoms with Crippen LogP contribution in [0.4, 0.5) is 0 Å². The molecule has 116 valence electrons. The van der Waals surface area contributed by atoms with Gasteiger partial charge < -0.3 is 15.5 Å². The Morgan fingerprint density at radius 2 is 1.80 bits per heavy atom. The maximum Gasteiger partial charge on any atom is 0.242 e. The summed E-state index contributed by atoms with van der Waals surface area (Å²) in [4.78, 5) is 27.8. The highest BCUT2D eigenvalue weighted by Crippen LogP contribution is 2.29. The van der Waals surface area contributed by atoms with E-state index in [2.05, 4.69) is 6.92 Å². The van der Waals surface area contributed by atoms with E-state index in [1.54, 1.807) is 16.8 Å². The first kappa shape index (κ1) is 17.0. The molecule has 0 aromatic heterocycles. The van der Waals surface area contributed by atoms with E-state index in [-0.39, 0.29) is 30.3 Å². The molecule has 1 aliphatic rings. The quantitative estimate of drug-likeness (QED) is 0.821. The number of nitrogens with zero attached hydrogens (tertiary/aromatic N) is 2. The molecule has 2 amide bonds. The smallest absolute Gasteiger partial charge is 0.242 e. The zero-order valence-electron chi connectivity index (χ0n) is 13.3. The number of carbonyl (C=O) groups excluding carboxylic acids is 2. The number of carbonyl (C=O) groups is 2. The molecule has 0 aliphatic heterocycles. The molecule has 0 saturated heterocycles. The van der Waals surface area contributed by atoms with Crippen LogP contribution in [0.25, 0.3) is 0 Å². The number of likely N-dealkylation sites (N-methyl/N-ethyl adjacent to an activating group) is 2. The van der Waals surface area contributed by atoms with E-state index in [1.807, 2.05) is 13.8 Å². The first-order valence-electron chi connectivity index (χ1n) is 7.68. The summed E-state index contributed by atoms with van der Waals surface area (Å²) >= 11 is 0. The first-order chi connectivity index (χ1) is 9.40. The summed E-state index contributed by atoms with van der Waals surface area (Å²) in [6.45, 7) is 7.56. The van der Waals surface area contributed by atoms with Crippen molar-refractivity contribution in [3.05, 3.63) is 0 Å². The van der Waals surface area contributed by atoms with Crippen LogP contribution in [0.1, 0.15) is 40.0 Å². The second-order valence-electron chi connectivity index (χ2n) is 5.95. The number of hydrogen-bond acceptors (Lipinski definition) is 3. The van der Waals surface area contributed by atoms with Crippen molar-refractivity contribution >= 4 is 11.8 Å². The third kappa shape index (κ3) is 4.20. The second-order valence-corrected chi connectivity index (χ2v) is 5.95. The summed E-state index contributed by atoms with van der Waals surface area (Å²) in [5.74, 6) is 0.428. The lowest BCUT2D eigenvalue weighted by molar-refractivity contribution is -0.142. The van der Waals surface area contributed by atoms with Gasteiger partial charge in [-0.1, -0.05) is 6.92 Å². The van der Waals surface area contributed by atoms with Crippen molar-refractivity contribution < 1.29 is 9.59 Å². The highest BCUT2D eigenvalue weighted by atomic mass is 16.2. The monoisotopic (exact) mass is 283 g/mol. The highest BCUT2D eigenvalue weighted by Gasteiger charge is 2.33. The lowest BCUT2D eigenvalue weighted by atomic mass is 9.78. The van der Waals surface area contributed by atoms with E-state index in [0.29, 0.717) is 19.0 Å². The molecule has 1 saturated carbocycles. The predicted molar refractivity (Wildman–Crippen MR) is 80.0 cm³/mol. The van der Waals surface area contributed by atoms with Gasteiger partial charge in [-0.15, -0.1) is 0 Å². The zero-order chi connectivity index (χ0) is 15.3. The Hall–Kier alpha value is -1.10. The Balaban J connectivity index is 2.59. The summed E-state index contributed by atoms with van der Waals surface area (Å²) in [6, 6.07) is -0.0651. The van der Waals surface area contributed by atoms with Gasteiger partial charge in [-0.05, 0) is 39.0 Å². The van der Waals surface area contributed by atoms with E-state index in [9.17, 15) is 9.59 Å². The lowest BCUT2D eigenvalue weighted by Crippen LogP contribution is -2.48. The summed E-state index contributed by atoms with van der Waals surface area (Å²) in [7, 11) is 1.70. The minimum absolute atomic E-state index is 0.00304. The van der Waals surface area contributed by atoms with E-state index in [4.69, 9.17) is 5.73 Å². The van der Waals surface area contributed by atoms with Crippen LogP contribution in [0.2, 0.25) is 0 Å². The molecule has 0 bridgehead atoms. The fraction of sp³-hybridized carbons (Fsp3) is 0.867. The minimum atomic E-state index is -0.131. The Labute approximate surface area is 122 Å². The molecular formula is C15H29N3O2. The van der Waals surface area contributed by atoms with Gasteiger partial charge >= 0.3 is 0 Å². The topological polar surface area (TPSA) is 66.6 Å². The molecule has 0 radical (unpaired) electrons. The molecule has 1 rings (SSSR count). The van der Waals surface area contributed by atoms with Gasteiger partial charge in [0.1, 0.15) is 0 Å². The zero-order valence-corrected chi connectivity index (χ0v) is 13.3. The third-order valence-electron chi connectivity index (χ3n) is 4.35. The third-order valence-corrected chi connectivity index (χ3v) is 4.35. The summed E-state index contributed by atoms with van der Waals surface area (Å²) in [5.41, 5.74) is 6.08. The molecule has 0 spiro atoms. The molecule has 0 aromatic carbocycles. The minimum Gasteiger partial charge on any atom is -0.342 e. The molecule has 1 aliphatic carbocycles. The molecule has 0 aromatic rings. The van der Waals surface area contributed by atoms with Gasteiger partial charge in [0, 0.05) is 26.2 Å². The van der Waals surface area contributed by atoms with Crippen LogP contribution in [-0.4, -0.2) is 54.3 Å². The van der Waals surface area contributed by atoms with Crippen LogP contribution in [0, 0.1) is 11.8 Å². The Morgan fingerprint density at radius 3 is 2.35 bits per heavy atom. The van der Waals surface area contributed by atoms with Crippen molar-refractivity contribution in [2.24, 2.45) is 17.6 Å². The molecular weight excluding hydrogens is 254 g/mol. The number of nitrogens with two attached hydrogens (primary N) is 1. The fourth-order valence-corrected chi connectivity index (χ4v) is 2.93. The van der Waals surface area contributed by atoms with Crippen molar-refractivity contribution in [3.8, 4) is 0 Å². The average molecular weight is 283 g/mol. The summed E-state index contributed by atoms with van der Waals surface area (Å²) in [6.07, 6.45) is 2.83. The van der Waals surface area contributed by atoms with E-state index in [1.165, 1.54) is 0 Å². The maximum atomic E-state index is 12.5. The number of amides is 2. The normalized spacial score (nSPS) is 26.1. The van der Waals surface area contributed by atoms with Crippen LogP contribution in [0.3, 0.4) is 0 Å². The van der Waals surface area contributed by atoms with Crippen molar-refractivity contribution in [1.29, 1.82) is 0 Å². The van der Waals surface area contributed by atoms with Crippen LogP contribution in [-0.2, 0) is 9.59 Å². The second kappa shape index (κ2) is 7.62. The lowest BCUT2D eigenvalue weighted by Gasteiger charge is -2.34. The fourth-order valence-electron chi connectivity index (χ4n) is 2.93. The number of hydrogen-bond donors (Lipinski definition) is 1. The predicted octanol–water partition coefficient (Wildman–Crippen LogP) is 1.08. The van der Waals surface area contributed by atoms with Crippen molar-refractivity contribution in [1.82, 2.24) is 9.80 Å². The van der Waals surface area contributed by atoms with Gasteiger partial charge in [0.25, 0.3) is 0 Å². The average Bonchev–Trinajstić information content (AvgIpc) is 2.42. The first-order valence-corrected chi connectivity index (χ1v) is 7.68. The van der Waals surface area contributed by atoms with Gasteiger partial charge in [-0.2, -0.15) is 0 Å². The van der Waals surface area contributed by atoms with Gasteiger partial charge in [0.05, 0.1) is 12.5 Å². The molecule has 20 heavy (non-hydrogen) atoms. The van der Waals surface area contributed by atoms with Crippen molar-refractivity contribution in [3.63, 3.8) is 0 Å². The van der Waals surface area contributed by atoms with E-state index in [0.717, 1.165) is 19.3 Å². The summed E-state index contributed by atoms with van der Waals surface area (Å²) < 4.78 is 0. The highest BCUT2D eigenvalue weighted by molar-refractivity contribution is 5.86. The van der Waals surface area contributed by atoms with Crippen LogP contribution >= 0.6 is 0 Å². The van der Waals surface area contributed by atoms with E-state index < -0.39 is 0 Å². The molecule has 1 fully saturated rings. The SMILES string of the molecule is CCN(CC)C(=O)CN(C)C(=O)C1CC(C)CCC1N.